The van der Waals surface area contributed by atoms with Crippen LogP contribution in [0.3, 0.4) is 0 Å². The van der Waals surface area contributed by atoms with Gasteiger partial charge in [0, 0.05) is 44.1 Å². The fourth-order valence-electron chi connectivity index (χ4n) is 5.27. The Hall–Kier alpha value is -4.77. The number of pyridine rings is 1. The van der Waals surface area contributed by atoms with Crippen molar-refractivity contribution in [2.75, 3.05) is 63.7 Å². The summed E-state index contributed by atoms with van der Waals surface area (Å²) in [5.74, 6) is -0.289. The molecule has 0 bridgehead atoms. The summed E-state index contributed by atoms with van der Waals surface area (Å²) >= 11 is 0. The standard InChI is InChI=1S/C36H41N5O5/c1-27(31-10-7-17-38-26-31)41(21-25-45-24-20-40-18-22-44-23-19-40)36(43)46-34(28-8-3-2-4-9-28)29-13-15-30(16-14-29)35(42)39-33-12-6-5-11-32(33)37/h2-17,26-27,34H,18-25,37H2,1H3,(H,39,42)/t27-,34-/m0/s1. The van der Waals surface area contributed by atoms with Crippen LogP contribution in [-0.2, 0) is 14.2 Å². The minimum atomic E-state index is -0.707. The number of ether oxygens (including phenoxy) is 3. The Morgan fingerprint density at radius 1 is 0.913 bits per heavy atom. The monoisotopic (exact) mass is 623 g/mol. The molecule has 1 aliphatic rings. The molecule has 2 heterocycles. The topological polar surface area (TPSA) is 119 Å². The van der Waals surface area contributed by atoms with E-state index >= 15 is 0 Å². The Bertz CT molecular complexity index is 1530. The van der Waals surface area contributed by atoms with Crippen LogP contribution in [0, 0.1) is 0 Å². The van der Waals surface area contributed by atoms with Gasteiger partial charge in [-0.25, -0.2) is 4.79 Å². The smallest absolute Gasteiger partial charge is 0.411 e. The Morgan fingerprint density at radius 3 is 2.33 bits per heavy atom. The lowest BCUT2D eigenvalue weighted by molar-refractivity contribution is 0.0140. The van der Waals surface area contributed by atoms with Gasteiger partial charge in [0.05, 0.1) is 43.8 Å². The molecule has 1 saturated heterocycles. The van der Waals surface area contributed by atoms with Gasteiger partial charge in [-0.3, -0.25) is 19.6 Å². The van der Waals surface area contributed by atoms with Crippen LogP contribution < -0.4 is 11.1 Å². The first-order valence-corrected chi connectivity index (χ1v) is 15.6. The van der Waals surface area contributed by atoms with E-state index in [9.17, 15) is 9.59 Å². The number of carbonyl (C=O) groups is 2. The summed E-state index contributed by atoms with van der Waals surface area (Å²) in [6.07, 6.45) is 2.27. The number of nitrogens with zero attached hydrogens (tertiary/aromatic N) is 3. The summed E-state index contributed by atoms with van der Waals surface area (Å²) < 4.78 is 17.7. The van der Waals surface area contributed by atoms with E-state index in [-0.39, 0.29) is 11.9 Å². The van der Waals surface area contributed by atoms with Crippen LogP contribution in [0.1, 0.15) is 46.1 Å². The lowest BCUT2D eigenvalue weighted by Gasteiger charge is -2.31. The van der Waals surface area contributed by atoms with Gasteiger partial charge < -0.3 is 25.3 Å². The number of benzene rings is 3. The highest BCUT2D eigenvalue weighted by atomic mass is 16.6. The number of rotatable bonds is 13. The zero-order chi connectivity index (χ0) is 32.1. The molecule has 240 valence electrons. The van der Waals surface area contributed by atoms with E-state index < -0.39 is 12.2 Å². The molecule has 1 aromatic heterocycles. The Labute approximate surface area is 270 Å². The number of hydrogen-bond acceptors (Lipinski definition) is 8. The Balaban J connectivity index is 1.30. The lowest BCUT2D eigenvalue weighted by atomic mass is 10.00. The molecule has 0 saturated carbocycles. The quantitative estimate of drug-likeness (QED) is 0.147. The molecule has 2 atom stereocenters. The molecular weight excluding hydrogens is 582 g/mol. The minimum absolute atomic E-state index is 0.289. The fourth-order valence-corrected chi connectivity index (χ4v) is 5.27. The van der Waals surface area contributed by atoms with Crippen molar-refractivity contribution < 1.29 is 23.8 Å². The summed E-state index contributed by atoms with van der Waals surface area (Å²) in [6, 6.07) is 27.2. The number of para-hydroxylation sites is 2. The molecule has 3 aromatic carbocycles. The van der Waals surface area contributed by atoms with Crippen molar-refractivity contribution >= 4 is 23.4 Å². The van der Waals surface area contributed by atoms with Crippen LogP contribution in [0.4, 0.5) is 16.2 Å². The van der Waals surface area contributed by atoms with Crippen molar-refractivity contribution in [1.82, 2.24) is 14.8 Å². The first-order chi connectivity index (χ1) is 22.5. The number of nitrogen functional groups attached to an aromatic ring is 1. The average molecular weight is 624 g/mol. The molecule has 2 amide bonds. The van der Waals surface area contributed by atoms with Crippen LogP contribution in [0.2, 0.25) is 0 Å². The van der Waals surface area contributed by atoms with Gasteiger partial charge in [0.25, 0.3) is 5.91 Å². The first-order valence-electron chi connectivity index (χ1n) is 15.6. The van der Waals surface area contributed by atoms with E-state index in [0.29, 0.717) is 36.7 Å². The molecule has 0 aliphatic carbocycles. The third-order valence-electron chi connectivity index (χ3n) is 8.01. The van der Waals surface area contributed by atoms with Gasteiger partial charge in [0.1, 0.15) is 0 Å². The van der Waals surface area contributed by atoms with Crippen molar-refractivity contribution in [3.05, 3.63) is 126 Å². The van der Waals surface area contributed by atoms with Crippen LogP contribution in [0.5, 0.6) is 0 Å². The summed E-state index contributed by atoms with van der Waals surface area (Å²) in [7, 11) is 0. The Kier molecular flexibility index (Phi) is 11.7. The van der Waals surface area contributed by atoms with Crippen molar-refractivity contribution in [2.45, 2.75) is 19.1 Å². The van der Waals surface area contributed by atoms with Crippen molar-refractivity contribution in [1.29, 1.82) is 0 Å². The second kappa shape index (κ2) is 16.5. The van der Waals surface area contributed by atoms with Crippen molar-refractivity contribution in [2.24, 2.45) is 0 Å². The number of nitrogens with one attached hydrogen (secondary N) is 1. The average Bonchev–Trinajstić information content (AvgIpc) is 3.10. The van der Waals surface area contributed by atoms with Crippen LogP contribution >= 0.6 is 0 Å². The molecular formula is C36H41N5O5. The predicted octanol–water partition coefficient (Wildman–Crippen LogP) is 5.55. The van der Waals surface area contributed by atoms with Gasteiger partial charge in [-0.2, -0.15) is 0 Å². The highest BCUT2D eigenvalue weighted by Gasteiger charge is 2.28. The molecule has 0 spiro atoms. The summed E-state index contributed by atoms with van der Waals surface area (Å²) in [5, 5.41) is 2.85. The second-order valence-electron chi connectivity index (χ2n) is 11.1. The SMILES string of the molecule is C[C@@H](c1cccnc1)N(CCOCCN1CCOCC1)C(=O)O[C@@H](c1ccccc1)c1ccc(C(=O)Nc2ccccc2N)cc1. The molecule has 46 heavy (non-hydrogen) atoms. The zero-order valence-electron chi connectivity index (χ0n) is 26.1. The summed E-state index contributed by atoms with van der Waals surface area (Å²) in [4.78, 5) is 35.2. The predicted molar refractivity (Wildman–Crippen MR) is 177 cm³/mol. The lowest BCUT2D eigenvalue weighted by Crippen LogP contribution is -2.39. The van der Waals surface area contributed by atoms with E-state index in [1.807, 2.05) is 61.5 Å². The normalized spacial score (nSPS) is 14.6. The number of amides is 2. The number of morpholine rings is 1. The molecule has 1 fully saturated rings. The second-order valence-corrected chi connectivity index (χ2v) is 11.1. The van der Waals surface area contributed by atoms with Gasteiger partial charge >= 0.3 is 6.09 Å². The molecule has 10 nitrogen and oxygen atoms in total. The number of anilines is 2. The highest BCUT2D eigenvalue weighted by Crippen LogP contribution is 2.29. The molecule has 4 aromatic rings. The van der Waals surface area contributed by atoms with E-state index in [0.717, 1.165) is 49.5 Å². The number of aromatic nitrogens is 1. The number of hydrogen-bond donors (Lipinski definition) is 2. The van der Waals surface area contributed by atoms with Gasteiger partial charge in [0.15, 0.2) is 6.10 Å². The van der Waals surface area contributed by atoms with Gasteiger partial charge in [-0.05, 0) is 53.9 Å². The molecule has 5 rings (SSSR count). The third kappa shape index (κ3) is 8.91. The number of carbonyl (C=O) groups excluding carboxylic acids is 2. The van der Waals surface area contributed by atoms with E-state index in [2.05, 4.69) is 15.2 Å². The molecule has 0 radical (unpaired) electrons. The highest BCUT2D eigenvalue weighted by molar-refractivity contribution is 6.05. The molecule has 10 heteroatoms. The Morgan fingerprint density at radius 2 is 1.61 bits per heavy atom. The largest absolute Gasteiger partial charge is 0.436 e. The van der Waals surface area contributed by atoms with Crippen LogP contribution in [0.25, 0.3) is 0 Å². The maximum Gasteiger partial charge on any atom is 0.411 e. The van der Waals surface area contributed by atoms with Gasteiger partial charge in [-0.1, -0.05) is 60.7 Å². The van der Waals surface area contributed by atoms with Crippen LogP contribution in [0.15, 0.2) is 103 Å². The van der Waals surface area contributed by atoms with Crippen LogP contribution in [-0.4, -0.2) is 79.4 Å². The van der Waals surface area contributed by atoms with Crippen molar-refractivity contribution in [3.63, 3.8) is 0 Å². The van der Waals surface area contributed by atoms with E-state index in [1.54, 1.807) is 53.7 Å². The third-order valence-corrected chi connectivity index (χ3v) is 8.01. The molecule has 0 unspecified atom stereocenters. The summed E-state index contributed by atoms with van der Waals surface area (Å²) in [6.45, 7) is 7.30. The van der Waals surface area contributed by atoms with E-state index in [1.165, 1.54) is 0 Å². The van der Waals surface area contributed by atoms with E-state index in [4.69, 9.17) is 19.9 Å². The molecule has 1 aliphatic heterocycles. The maximum atomic E-state index is 14.0. The first kappa shape index (κ1) is 32.6. The summed E-state index contributed by atoms with van der Waals surface area (Å²) in [5.41, 5.74) is 9.89. The van der Waals surface area contributed by atoms with Gasteiger partial charge in [0.2, 0.25) is 0 Å². The molecule has 3 N–H and O–H groups in total. The number of nitrogens with two attached hydrogens (primary N) is 1. The van der Waals surface area contributed by atoms with Crippen molar-refractivity contribution in [3.8, 4) is 0 Å². The fraction of sp³-hybridized carbons (Fsp3) is 0.306. The van der Waals surface area contributed by atoms with Gasteiger partial charge in [-0.15, -0.1) is 0 Å². The minimum Gasteiger partial charge on any atom is -0.436 e. The zero-order valence-corrected chi connectivity index (χ0v) is 26.1. The maximum absolute atomic E-state index is 14.0.